The van der Waals surface area contributed by atoms with Crippen LogP contribution in [0.3, 0.4) is 0 Å². The normalized spacial score (nSPS) is 11.5. The molecule has 0 aromatic heterocycles. The number of phenols is 1. The molecule has 0 aliphatic rings. The number of hydrogen-bond acceptors (Lipinski definition) is 1. The quantitative estimate of drug-likeness (QED) is 0.192. The van der Waals surface area contributed by atoms with Crippen LogP contribution in [0, 0.1) is 36.0 Å². The van der Waals surface area contributed by atoms with Crippen molar-refractivity contribution in [3.05, 3.63) is 52.3 Å². The molecule has 0 heterocycles. The van der Waals surface area contributed by atoms with Crippen LogP contribution in [0.4, 0.5) is 22.0 Å². The number of aryl methyl sites for hydroxylation is 1. The third kappa shape index (κ3) is 5.80. The minimum atomic E-state index is -2.19. The molecular weight excluding hydrogens is 465 g/mol. The van der Waals surface area contributed by atoms with Crippen molar-refractivity contribution in [2.24, 2.45) is 0 Å². The number of hydrogen-bond donors (Lipinski definition) is 1. The van der Waals surface area contributed by atoms with Gasteiger partial charge in [-0.2, -0.15) is 0 Å². The van der Waals surface area contributed by atoms with Crippen LogP contribution in [-0.4, -0.2) is 5.11 Å². The summed E-state index contributed by atoms with van der Waals surface area (Å²) in [5.74, 6) is -10.1. The van der Waals surface area contributed by atoms with Crippen molar-refractivity contribution >= 4 is 37.8 Å². The second-order valence-electron chi connectivity index (χ2n) is 6.60. The second kappa shape index (κ2) is 9.89. The summed E-state index contributed by atoms with van der Waals surface area (Å²) in [5, 5.41) is 9.58. The molecular formula is C17H16Cl2F5OPTi. The van der Waals surface area contributed by atoms with Gasteiger partial charge in [-0.05, 0) is 32.5 Å². The third-order valence-electron chi connectivity index (χ3n) is 3.53. The zero-order valence-corrected chi connectivity index (χ0v) is 18.8. The van der Waals surface area contributed by atoms with E-state index in [-0.39, 0.29) is 11.1 Å². The predicted molar refractivity (Wildman–Crippen MR) is 97.1 cm³/mol. The SMILES string of the molecule is Cc1cc(Pc2c(F)c(F)c(F)c(F)c2F)c(O)c(C(C)(C)C)c1.[Cl][Ti][Cl]. The van der Waals surface area contributed by atoms with E-state index < -0.39 is 65.4 Å². The third-order valence-corrected chi connectivity index (χ3v) is 4.87. The molecule has 1 atom stereocenters. The van der Waals surface area contributed by atoms with Gasteiger partial charge in [-0.25, -0.2) is 22.0 Å². The fraction of sp³-hybridized carbons (Fsp3) is 0.294. The van der Waals surface area contributed by atoms with Crippen LogP contribution in [0.5, 0.6) is 5.75 Å². The summed E-state index contributed by atoms with van der Waals surface area (Å²) in [6.07, 6.45) is 0. The Kier molecular flexibility index (Phi) is 9.03. The zero-order chi connectivity index (χ0) is 21.1. The first-order chi connectivity index (χ1) is 12.4. The van der Waals surface area contributed by atoms with Crippen LogP contribution < -0.4 is 10.6 Å². The van der Waals surface area contributed by atoms with E-state index in [4.69, 9.17) is 18.6 Å². The summed E-state index contributed by atoms with van der Waals surface area (Å²) < 4.78 is 67.5. The summed E-state index contributed by atoms with van der Waals surface area (Å²) in [6.45, 7) is 7.24. The first-order valence-corrected chi connectivity index (χ1v) is 12.7. The van der Waals surface area contributed by atoms with E-state index in [2.05, 4.69) is 0 Å². The maximum atomic E-state index is 13.9. The van der Waals surface area contributed by atoms with Crippen LogP contribution in [0.15, 0.2) is 12.1 Å². The number of benzene rings is 2. The monoisotopic (exact) mass is 480 g/mol. The molecule has 0 spiro atoms. The first-order valence-electron chi connectivity index (χ1n) is 7.45. The summed E-state index contributed by atoms with van der Waals surface area (Å²) >= 11 is -0.556. The van der Waals surface area contributed by atoms with Crippen molar-refractivity contribution in [2.75, 3.05) is 0 Å². The molecule has 27 heavy (non-hydrogen) atoms. The van der Waals surface area contributed by atoms with Gasteiger partial charge in [0.15, 0.2) is 23.3 Å². The van der Waals surface area contributed by atoms with Gasteiger partial charge in [0.25, 0.3) is 0 Å². The Balaban J connectivity index is 0.00000114. The number of aromatic hydroxyl groups is 1. The van der Waals surface area contributed by atoms with E-state index >= 15 is 0 Å². The molecule has 0 amide bonds. The van der Waals surface area contributed by atoms with E-state index in [0.29, 0.717) is 11.1 Å². The van der Waals surface area contributed by atoms with Crippen molar-refractivity contribution < 1.29 is 44.1 Å². The van der Waals surface area contributed by atoms with Crippen molar-refractivity contribution in [1.29, 1.82) is 0 Å². The van der Waals surface area contributed by atoms with Gasteiger partial charge in [0.05, 0.1) is 5.30 Å². The van der Waals surface area contributed by atoms with Crippen molar-refractivity contribution in [3.8, 4) is 5.75 Å². The van der Waals surface area contributed by atoms with Crippen LogP contribution in [0.2, 0.25) is 0 Å². The molecule has 0 aliphatic heterocycles. The summed E-state index contributed by atoms with van der Waals surface area (Å²) in [7, 11) is 8.87. The summed E-state index contributed by atoms with van der Waals surface area (Å²) in [6, 6.07) is 3.20. The number of rotatable bonds is 2. The summed E-state index contributed by atoms with van der Waals surface area (Å²) in [5.41, 5.74) is 0.795. The van der Waals surface area contributed by atoms with E-state index in [0.717, 1.165) is 0 Å². The van der Waals surface area contributed by atoms with Crippen LogP contribution in [-0.2, 0) is 22.4 Å². The molecule has 1 nitrogen and oxygen atoms in total. The van der Waals surface area contributed by atoms with Crippen molar-refractivity contribution in [3.63, 3.8) is 0 Å². The molecule has 10 heteroatoms. The standard InChI is InChI=1S/C17H16F5OP.2ClH.Ti/c1-7-5-8(17(2,3)4)15(23)9(6-7)24-16-13(21)11(19)10(18)12(20)14(16)22;;;/h5-6,23-24H,1-4H3;2*1H;/q;;;+2/p-2. The van der Waals surface area contributed by atoms with Gasteiger partial charge in [0, 0.05) is 10.9 Å². The fourth-order valence-corrected chi connectivity index (χ4v) is 3.56. The Labute approximate surface area is 172 Å². The average Bonchev–Trinajstić information content (AvgIpc) is 2.57. The molecule has 2 aromatic carbocycles. The van der Waals surface area contributed by atoms with Crippen LogP contribution >= 0.6 is 27.2 Å². The molecule has 1 N–H and O–H groups in total. The average molecular weight is 481 g/mol. The van der Waals surface area contributed by atoms with E-state index in [9.17, 15) is 27.1 Å². The number of halogens is 7. The Morgan fingerprint density at radius 2 is 1.30 bits per heavy atom. The second-order valence-corrected chi connectivity index (χ2v) is 10.5. The number of phenolic OH excluding ortho intramolecular Hbond substituents is 1. The predicted octanol–water partition coefficient (Wildman–Crippen LogP) is 5.70. The molecule has 0 bridgehead atoms. The Hall–Kier alpha value is -0.386. The first kappa shape index (κ1) is 24.7. The van der Waals surface area contributed by atoms with Gasteiger partial charge in [-0.3, -0.25) is 0 Å². The minimum absolute atomic E-state index is 0.128. The van der Waals surface area contributed by atoms with Gasteiger partial charge >= 0.3 is 35.6 Å². The van der Waals surface area contributed by atoms with E-state index in [1.165, 1.54) is 6.07 Å². The van der Waals surface area contributed by atoms with E-state index in [1.54, 1.807) is 13.0 Å². The van der Waals surface area contributed by atoms with Crippen molar-refractivity contribution in [2.45, 2.75) is 33.1 Å². The van der Waals surface area contributed by atoms with Gasteiger partial charge in [-0.1, -0.05) is 26.8 Å². The van der Waals surface area contributed by atoms with Gasteiger partial charge < -0.3 is 5.11 Å². The Morgan fingerprint density at radius 1 is 0.889 bits per heavy atom. The molecule has 2 aromatic rings. The zero-order valence-electron chi connectivity index (χ0n) is 14.7. The molecule has 0 fully saturated rings. The molecule has 0 radical (unpaired) electrons. The molecule has 148 valence electrons. The maximum absolute atomic E-state index is 13.9. The Bertz CT molecular complexity index is 814. The van der Waals surface area contributed by atoms with Gasteiger partial charge in [0.1, 0.15) is 5.75 Å². The van der Waals surface area contributed by atoms with Crippen LogP contribution in [0.1, 0.15) is 31.9 Å². The summed E-state index contributed by atoms with van der Waals surface area (Å²) in [4.78, 5) is 0. The Morgan fingerprint density at radius 3 is 1.70 bits per heavy atom. The molecule has 1 unspecified atom stereocenters. The molecule has 2 rings (SSSR count). The van der Waals surface area contributed by atoms with Crippen molar-refractivity contribution in [1.82, 2.24) is 0 Å². The molecule has 0 saturated heterocycles. The topological polar surface area (TPSA) is 20.2 Å². The van der Waals surface area contributed by atoms with Crippen LogP contribution in [0.25, 0.3) is 0 Å². The fourth-order valence-electron chi connectivity index (χ4n) is 2.30. The molecule has 0 aliphatic carbocycles. The van der Waals surface area contributed by atoms with Gasteiger partial charge in [0.2, 0.25) is 5.82 Å². The van der Waals surface area contributed by atoms with E-state index in [1.807, 2.05) is 20.8 Å². The molecule has 0 saturated carbocycles. The van der Waals surface area contributed by atoms with Gasteiger partial charge in [-0.15, -0.1) is 0 Å².